The van der Waals surface area contributed by atoms with Crippen molar-refractivity contribution in [2.24, 2.45) is 5.41 Å². The van der Waals surface area contributed by atoms with Crippen LogP contribution < -0.4 is 0 Å². The Bertz CT molecular complexity index is 344. The fourth-order valence-electron chi connectivity index (χ4n) is 2.84. The van der Waals surface area contributed by atoms with E-state index in [0.29, 0.717) is 5.41 Å². The van der Waals surface area contributed by atoms with Gasteiger partial charge in [0.05, 0.1) is 0 Å². The van der Waals surface area contributed by atoms with Gasteiger partial charge in [-0.15, -0.1) is 0 Å². The summed E-state index contributed by atoms with van der Waals surface area (Å²) < 4.78 is 0. The zero-order chi connectivity index (χ0) is 15.4. The third-order valence-electron chi connectivity index (χ3n) is 4.30. The van der Waals surface area contributed by atoms with Crippen molar-refractivity contribution < 1.29 is 0 Å². The molecule has 1 aromatic carbocycles. The Kier molecular flexibility index (Phi) is 10.7. The summed E-state index contributed by atoms with van der Waals surface area (Å²) in [5.74, 6) is 0. The van der Waals surface area contributed by atoms with Gasteiger partial charge in [-0.1, -0.05) is 114 Å². The Labute approximate surface area is 148 Å². The lowest BCUT2D eigenvalue weighted by molar-refractivity contribution is 0.337. The fourth-order valence-corrected chi connectivity index (χ4v) is 4.72. The zero-order valence-corrected chi connectivity index (χ0v) is 16.6. The van der Waals surface area contributed by atoms with Crippen molar-refractivity contribution in [2.75, 3.05) is 10.7 Å². The van der Waals surface area contributed by atoms with Gasteiger partial charge in [-0.25, -0.2) is 0 Å². The van der Waals surface area contributed by atoms with Gasteiger partial charge >= 0.3 is 0 Å². The molecule has 0 unspecified atom stereocenters. The standard InChI is InChI=1S/C19H30Br2/c1-2-3-4-5-6-7-11-14-19(16-20,17-21)15-18-12-9-8-10-13-18/h8-10,12-13H,2-7,11,14-17H2,1H3. The molecule has 0 atom stereocenters. The molecule has 0 radical (unpaired) electrons. The number of alkyl halides is 2. The van der Waals surface area contributed by atoms with Crippen molar-refractivity contribution >= 4 is 31.9 Å². The van der Waals surface area contributed by atoms with Crippen LogP contribution in [0.4, 0.5) is 0 Å². The van der Waals surface area contributed by atoms with Gasteiger partial charge in [0.25, 0.3) is 0 Å². The van der Waals surface area contributed by atoms with Crippen LogP contribution in [0.5, 0.6) is 0 Å². The highest BCUT2D eigenvalue weighted by Crippen LogP contribution is 2.34. The quantitative estimate of drug-likeness (QED) is 0.250. The smallest absolute Gasteiger partial charge is 0.00991 e. The molecule has 0 aliphatic heterocycles. The average Bonchev–Trinajstić information content (AvgIpc) is 2.54. The predicted octanol–water partition coefficient (Wildman–Crippen LogP) is 7.15. The molecule has 0 fully saturated rings. The molecule has 0 heterocycles. The Balaban J connectivity index is 2.35. The molecule has 0 N–H and O–H groups in total. The second-order valence-electron chi connectivity index (χ2n) is 6.30. The van der Waals surface area contributed by atoms with Gasteiger partial charge in [0.1, 0.15) is 0 Å². The largest absolute Gasteiger partial charge is 0.0922 e. The monoisotopic (exact) mass is 416 g/mol. The Morgan fingerprint density at radius 2 is 1.38 bits per heavy atom. The summed E-state index contributed by atoms with van der Waals surface area (Å²) in [6.45, 7) is 2.28. The molecule has 0 saturated carbocycles. The van der Waals surface area contributed by atoms with Crippen molar-refractivity contribution in [2.45, 2.75) is 64.7 Å². The van der Waals surface area contributed by atoms with E-state index in [1.165, 1.54) is 63.4 Å². The van der Waals surface area contributed by atoms with E-state index in [-0.39, 0.29) is 0 Å². The maximum atomic E-state index is 3.76. The van der Waals surface area contributed by atoms with Crippen molar-refractivity contribution in [3.8, 4) is 0 Å². The highest BCUT2D eigenvalue weighted by atomic mass is 79.9. The molecule has 120 valence electrons. The van der Waals surface area contributed by atoms with Gasteiger partial charge < -0.3 is 0 Å². The summed E-state index contributed by atoms with van der Waals surface area (Å²) in [7, 11) is 0. The van der Waals surface area contributed by atoms with E-state index in [0.717, 1.165) is 10.7 Å². The van der Waals surface area contributed by atoms with Gasteiger partial charge in [-0.2, -0.15) is 0 Å². The number of halogens is 2. The maximum absolute atomic E-state index is 3.76. The molecule has 0 aromatic heterocycles. The highest BCUT2D eigenvalue weighted by Gasteiger charge is 2.27. The van der Waals surface area contributed by atoms with Crippen molar-refractivity contribution in [1.82, 2.24) is 0 Å². The normalized spacial score (nSPS) is 11.8. The van der Waals surface area contributed by atoms with Crippen LogP contribution in [0.2, 0.25) is 0 Å². The third kappa shape index (κ3) is 7.83. The van der Waals surface area contributed by atoms with E-state index in [1.54, 1.807) is 0 Å². The minimum Gasteiger partial charge on any atom is -0.0922 e. The first-order valence-electron chi connectivity index (χ1n) is 8.42. The van der Waals surface area contributed by atoms with Crippen molar-refractivity contribution in [3.05, 3.63) is 35.9 Å². The third-order valence-corrected chi connectivity index (χ3v) is 6.68. The second-order valence-corrected chi connectivity index (χ2v) is 7.42. The summed E-state index contributed by atoms with van der Waals surface area (Å²) in [4.78, 5) is 0. The number of benzene rings is 1. The van der Waals surface area contributed by atoms with E-state index in [9.17, 15) is 0 Å². The van der Waals surface area contributed by atoms with Crippen LogP contribution in [0.15, 0.2) is 30.3 Å². The first kappa shape index (κ1) is 19.2. The number of unbranched alkanes of at least 4 members (excludes halogenated alkanes) is 6. The van der Waals surface area contributed by atoms with Crippen LogP contribution in [-0.2, 0) is 6.42 Å². The highest BCUT2D eigenvalue weighted by molar-refractivity contribution is 9.09. The lowest BCUT2D eigenvalue weighted by Gasteiger charge is -2.30. The number of rotatable bonds is 12. The summed E-state index contributed by atoms with van der Waals surface area (Å²) in [5.41, 5.74) is 1.82. The van der Waals surface area contributed by atoms with Gasteiger partial charge in [0, 0.05) is 10.7 Å². The van der Waals surface area contributed by atoms with Gasteiger partial charge in [0.15, 0.2) is 0 Å². The zero-order valence-electron chi connectivity index (χ0n) is 13.4. The van der Waals surface area contributed by atoms with Crippen molar-refractivity contribution in [1.29, 1.82) is 0 Å². The molecule has 0 nitrogen and oxygen atoms in total. The van der Waals surface area contributed by atoms with Gasteiger partial charge in [0.2, 0.25) is 0 Å². The maximum Gasteiger partial charge on any atom is 0.00991 e. The molecule has 21 heavy (non-hydrogen) atoms. The lowest BCUT2D eigenvalue weighted by atomic mass is 9.81. The first-order chi connectivity index (χ1) is 10.3. The minimum absolute atomic E-state index is 0.366. The van der Waals surface area contributed by atoms with Crippen LogP contribution in [0, 0.1) is 5.41 Å². The molecule has 0 aliphatic carbocycles. The Morgan fingerprint density at radius 1 is 0.810 bits per heavy atom. The predicted molar refractivity (Wildman–Crippen MR) is 103 cm³/mol. The van der Waals surface area contributed by atoms with Gasteiger partial charge in [-0.3, -0.25) is 0 Å². The van der Waals surface area contributed by atoms with Crippen LogP contribution in [0.1, 0.15) is 63.9 Å². The average molecular weight is 418 g/mol. The molecular weight excluding hydrogens is 388 g/mol. The molecule has 0 amide bonds. The lowest BCUT2D eigenvalue weighted by Crippen LogP contribution is -2.27. The van der Waals surface area contributed by atoms with Crippen LogP contribution in [0.25, 0.3) is 0 Å². The van der Waals surface area contributed by atoms with Crippen LogP contribution in [-0.4, -0.2) is 10.7 Å². The number of hydrogen-bond acceptors (Lipinski definition) is 0. The molecule has 0 aliphatic rings. The van der Waals surface area contributed by atoms with Crippen LogP contribution >= 0.6 is 31.9 Å². The van der Waals surface area contributed by atoms with E-state index < -0.39 is 0 Å². The summed E-state index contributed by atoms with van der Waals surface area (Å²) in [6, 6.07) is 10.9. The molecule has 1 rings (SSSR count). The molecule has 2 heteroatoms. The molecule has 0 bridgehead atoms. The summed E-state index contributed by atoms with van der Waals surface area (Å²) in [6.07, 6.45) is 12.2. The van der Waals surface area contributed by atoms with E-state index in [1.807, 2.05) is 0 Å². The SMILES string of the molecule is CCCCCCCCCC(CBr)(CBr)Cc1ccccc1. The van der Waals surface area contributed by atoms with E-state index >= 15 is 0 Å². The molecule has 1 aromatic rings. The first-order valence-corrected chi connectivity index (χ1v) is 10.7. The molecule has 0 saturated heterocycles. The minimum atomic E-state index is 0.366. The second kappa shape index (κ2) is 11.7. The topological polar surface area (TPSA) is 0 Å². The van der Waals surface area contributed by atoms with E-state index in [4.69, 9.17) is 0 Å². The number of hydrogen-bond donors (Lipinski definition) is 0. The fraction of sp³-hybridized carbons (Fsp3) is 0.684. The Hall–Kier alpha value is 0.180. The molecular formula is C19H30Br2. The van der Waals surface area contributed by atoms with Crippen molar-refractivity contribution in [3.63, 3.8) is 0 Å². The summed E-state index contributed by atoms with van der Waals surface area (Å²) >= 11 is 7.53. The molecule has 0 spiro atoms. The van der Waals surface area contributed by atoms with Gasteiger partial charge in [-0.05, 0) is 23.8 Å². The van der Waals surface area contributed by atoms with E-state index in [2.05, 4.69) is 69.1 Å². The summed E-state index contributed by atoms with van der Waals surface area (Å²) in [5, 5.41) is 2.16. The Morgan fingerprint density at radius 3 is 1.95 bits per heavy atom. The van der Waals surface area contributed by atoms with Crippen LogP contribution in [0.3, 0.4) is 0 Å².